The average Bonchev–Trinajstić information content (AvgIpc) is 4.00. The Morgan fingerprint density at radius 3 is 2.14 bits per heavy atom. The maximum absolute atomic E-state index is 14.5. The molecule has 2 heterocycles. The van der Waals surface area contributed by atoms with Crippen LogP contribution in [-0.2, 0) is 49.3 Å². The van der Waals surface area contributed by atoms with Gasteiger partial charge in [-0.25, -0.2) is 18.8 Å². The van der Waals surface area contributed by atoms with E-state index in [0.29, 0.717) is 61.6 Å². The number of hydrogen-bond acceptors (Lipinski definition) is 16. The molecule has 18 nitrogen and oxygen atoms in total. The number of esters is 2. The Morgan fingerprint density at radius 2 is 1.49 bits per heavy atom. The Bertz CT molecular complexity index is 3020. The predicted octanol–water partition coefficient (Wildman–Crippen LogP) is 11.1. The van der Waals surface area contributed by atoms with E-state index in [0.717, 1.165) is 5.56 Å². The fourth-order valence-corrected chi connectivity index (χ4v) is 11.3. The molecule has 0 saturated carbocycles. The summed E-state index contributed by atoms with van der Waals surface area (Å²) in [6.07, 6.45) is -4.92. The molecule has 1 aliphatic heterocycles. The van der Waals surface area contributed by atoms with Crippen LogP contribution in [-0.4, -0.2) is 127 Å². The third-order valence-electron chi connectivity index (χ3n) is 12.7. The molecule has 0 bridgehead atoms. The van der Waals surface area contributed by atoms with Crippen LogP contribution in [0.15, 0.2) is 125 Å². The van der Waals surface area contributed by atoms with Crippen LogP contribution in [0.25, 0.3) is 22.4 Å². The lowest BCUT2D eigenvalue weighted by molar-refractivity contribution is -0.144. The lowest BCUT2D eigenvalue weighted by Crippen LogP contribution is -2.37. The molecule has 2 amide bonds. The number of aliphatic imine (C=N–C) groups is 1. The molecule has 5 aromatic rings. The van der Waals surface area contributed by atoms with Gasteiger partial charge < -0.3 is 53.8 Å². The zero-order valence-electron chi connectivity index (χ0n) is 45.5. The fourth-order valence-electron chi connectivity index (χ4n) is 9.34. The first-order valence-electron chi connectivity index (χ1n) is 26.2. The first kappa shape index (κ1) is 63.0. The number of amides is 2. The van der Waals surface area contributed by atoms with Crippen LogP contribution in [0.2, 0.25) is 5.02 Å². The van der Waals surface area contributed by atoms with Gasteiger partial charge in [0.2, 0.25) is 0 Å². The van der Waals surface area contributed by atoms with E-state index in [2.05, 4.69) is 15.6 Å². The number of anilines is 1. The highest BCUT2D eigenvalue weighted by Gasteiger charge is 2.44. The van der Waals surface area contributed by atoms with Gasteiger partial charge in [0.1, 0.15) is 31.1 Å². The van der Waals surface area contributed by atoms with Gasteiger partial charge in [-0.3, -0.25) is 19.4 Å². The molecule has 6 rings (SSSR count). The Morgan fingerprint density at radius 1 is 0.840 bits per heavy atom. The minimum atomic E-state index is -1.38. The highest BCUT2D eigenvalue weighted by molar-refractivity contribution is 8.76. The zero-order valence-corrected chi connectivity index (χ0v) is 47.9. The van der Waals surface area contributed by atoms with Gasteiger partial charge in [0.15, 0.2) is 0 Å². The third-order valence-corrected chi connectivity index (χ3v) is 15.4. The number of methoxy groups -OCH3 is 1. The number of rotatable bonds is 29. The minimum absolute atomic E-state index is 0.0217. The quantitative estimate of drug-likeness (QED) is 0.0151. The smallest absolute Gasteiger partial charge is 0.481 e. The van der Waals surface area contributed by atoms with Gasteiger partial charge in [0.05, 0.1) is 62.0 Å². The zero-order chi connectivity index (χ0) is 58.4. The standard InChI is InChI=1S/C59H66ClFN4O14S2/c1-6-76-57(71)51-46(63-37(4)48(56(70)74-5)50(51)44-19-13-14-20-45(44)60)35-75-28-26-62-58(72)77-29-31-80-81-32-30-78-59(73)79-43(33-42(66)34-47(67)68)25-27-65-53(36(2)3)52(55(69)64-41-17-11-8-12-18-41)49(38-15-9-7-10-16-38)54(65)39-21-23-40(61)24-22-39/h7-24,36,42-43,48,50,66H,6,25-35H2,1-5H3,(H,62,72)(H,64,69)(H,67,68)/t42-,43-,48?,50?/m0/s1. The van der Waals surface area contributed by atoms with Crippen molar-refractivity contribution < 1.29 is 71.8 Å². The molecule has 0 fully saturated rings. The number of aliphatic hydroxyl groups excluding tert-OH is 1. The lowest BCUT2D eigenvalue weighted by Gasteiger charge is -2.32. The molecule has 81 heavy (non-hydrogen) atoms. The van der Waals surface area contributed by atoms with Crippen molar-refractivity contribution in [3.05, 3.63) is 148 Å². The lowest BCUT2D eigenvalue weighted by atomic mass is 9.75. The largest absolute Gasteiger partial charge is 0.508 e. The fraction of sp³-hybridized carbons (Fsp3) is 0.373. The van der Waals surface area contributed by atoms with Crippen LogP contribution in [0.3, 0.4) is 0 Å². The van der Waals surface area contributed by atoms with E-state index >= 15 is 0 Å². The van der Waals surface area contributed by atoms with E-state index < -0.39 is 66.4 Å². The van der Waals surface area contributed by atoms with Crippen molar-refractivity contribution in [3.63, 3.8) is 0 Å². The first-order valence-corrected chi connectivity index (χ1v) is 29.1. The van der Waals surface area contributed by atoms with E-state index in [1.165, 1.54) is 40.8 Å². The van der Waals surface area contributed by atoms with Crippen LogP contribution in [0.4, 0.5) is 19.7 Å². The molecular formula is C59H66ClFN4O14S2. The van der Waals surface area contributed by atoms with Gasteiger partial charge in [0, 0.05) is 71.0 Å². The second-order valence-electron chi connectivity index (χ2n) is 18.7. The van der Waals surface area contributed by atoms with Crippen LogP contribution >= 0.6 is 33.2 Å². The van der Waals surface area contributed by atoms with Crippen molar-refractivity contribution in [2.24, 2.45) is 10.9 Å². The maximum Gasteiger partial charge on any atom is 0.508 e. The number of aromatic nitrogens is 1. The summed E-state index contributed by atoms with van der Waals surface area (Å²) < 4.78 is 49.2. The Hall–Kier alpha value is -7.17. The molecule has 4 aromatic carbocycles. The molecule has 0 radical (unpaired) electrons. The second kappa shape index (κ2) is 31.7. The number of alkyl carbamates (subject to hydrolysis) is 1. The van der Waals surface area contributed by atoms with Crippen molar-refractivity contribution in [2.75, 3.05) is 63.5 Å². The van der Waals surface area contributed by atoms with E-state index in [9.17, 15) is 43.4 Å². The number of carboxylic acids is 1. The molecule has 0 saturated heterocycles. The average molecular weight is 1170 g/mol. The van der Waals surface area contributed by atoms with E-state index in [-0.39, 0.29) is 82.1 Å². The highest BCUT2D eigenvalue weighted by atomic mass is 35.5. The molecular weight excluding hydrogens is 1110 g/mol. The minimum Gasteiger partial charge on any atom is -0.481 e. The number of benzene rings is 4. The van der Waals surface area contributed by atoms with E-state index in [1.54, 1.807) is 62.4 Å². The molecule has 1 aromatic heterocycles. The SMILES string of the molecule is CCOC(=O)C1=C(COCCNC(=O)OCCSSCCOC(=O)O[C@@H](CCn2c(-c3ccc(F)cc3)c(-c3ccccc3)c(C(=O)Nc3ccccc3)c2C(C)C)C[C@H](O)CC(=O)O)N=C(C)C(C(=O)OC)C1c1ccccc1Cl. The molecule has 4 N–H and O–H groups in total. The molecule has 0 spiro atoms. The van der Waals surface area contributed by atoms with Gasteiger partial charge in [-0.15, -0.1) is 0 Å². The Labute approximate surface area is 482 Å². The third kappa shape index (κ3) is 17.9. The highest BCUT2D eigenvalue weighted by Crippen LogP contribution is 2.44. The first-order chi connectivity index (χ1) is 39.0. The number of para-hydroxylation sites is 1. The van der Waals surface area contributed by atoms with Crippen molar-refractivity contribution in [3.8, 4) is 22.4 Å². The molecule has 0 aliphatic carbocycles. The van der Waals surface area contributed by atoms with E-state index in [1.807, 2.05) is 66.9 Å². The van der Waals surface area contributed by atoms with Crippen LogP contribution in [0.1, 0.15) is 80.4 Å². The second-order valence-corrected chi connectivity index (χ2v) is 21.8. The van der Waals surface area contributed by atoms with Crippen LogP contribution in [0, 0.1) is 11.7 Å². The molecule has 22 heteroatoms. The van der Waals surface area contributed by atoms with Gasteiger partial charge in [-0.05, 0) is 78.9 Å². The summed E-state index contributed by atoms with van der Waals surface area (Å²) in [5.41, 5.74) is 5.42. The number of aliphatic carboxylic acids is 1. The van der Waals surface area contributed by atoms with E-state index in [4.69, 9.17) is 40.0 Å². The van der Waals surface area contributed by atoms with Crippen molar-refractivity contribution in [2.45, 2.75) is 77.5 Å². The summed E-state index contributed by atoms with van der Waals surface area (Å²) in [6, 6.07) is 31.1. The number of carbonyl (C=O) groups excluding carboxylic acids is 5. The van der Waals surface area contributed by atoms with Crippen molar-refractivity contribution >= 4 is 80.7 Å². The number of aliphatic hydroxyl groups is 1. The number of ether oxygens (including phenoxy) is 6. The topological polar surface area (TPSA) is 240 Å². The predicted molar refractivity (Wildman–Crippen MR) is 309 cm³/mol. The molecule has 1 aliphatic rings. The number of hydrogen-bond donors (Lipinski definition) is 4. The summed E-state index contributed by atoms with van der Waals surface area (Å²) in [6.45, 7) is 7.32. The van der Waals surface area contributed by atoms with Crippen molar-refractivity contribution in [1.29, 1.82) is 0 Å². The van der Waals surface area contributed by atoms with Gasteiger partial charge in [-0.1, -0.05) is 114 Å². The molecule has 432 valence electrons. The number of carboxylic acid groups (broad SMARTS) is 1. The summed E-state index contributed by atoms with van der Waals surface area (Å²) >= 11 is 6.59. The van der Waals surface area contributed by atoms with Crippen LogP contribution in [0.5, 0.6) is 0 Å². The summed E-state index contributed by atoms with van der Waals surface area (Å²) in [4.78, 5) is 82.9. The van der Waals surface area contributed by atoms with Crippen molar-refractivity contribution in [1.82, 2.24) is 9.88 Å². The number of nitrogens with zero attached hydrogens (tertiary/aromatic N) is 2. The Kier molecular flexibility index (Phi) is 24.7. The van der Waals surface area contributed by atoms with Gasteiger partial charge in [-0.2, -0.15) is 0 Å². The summed E-state index contributed by atoms with van der Waals surface area (Å²) in [5, 5.41) is 26.3. The normalized spacial score (nSPS) is 14.8. The number of nitrogens with one attached hydrogen (secondary N) is 2. The molecule has 4 atom stereocenters. The van der Waals surface area contributed by atoms with Crippen LogP contribution < -0.4 is 10.6 Å². The number of halogens is 2. The Balaban J connectivity index is 1.01. The maximum atomic E-state index is 14.5. The number of carbonyl (C=O) groups is 6. The van der Waals surface area contributed by atoms with Gasteiger partial charge in [0.25, 0.3) is 5.91 Å². The van der Waals surface area contributed by atoms with Gasteiger partial charge >= 0.3 is 30.2 Å². The summed E-state index contributed by atoms with van der Waals surface area (Å²) in [5.74, 6) is -4.69. The monoisotopic (exact) mass is 1170 g/mol. The molecule has 2 unspecified atom stereocenters. The summed E-state index contributed by atoms with van der Waals surface area (Å²) in [7, 11) is 3.97.